The van der Waals surface area contributed by atoms with Gasteiger partial charge in [-0.2, -0.15) is 5.10 Å². The Morgan fingerprint density at radius 2 is 1.74 bits per heavy atom. The third-order valence-corrected chi connectivity index (χ3v) is 6.46. The third-order valence-electron chi connectivity index (χ3n) is 6.46. The van der Waals surface area contributed by atoms with Crippen LogP contribution in [0, 0.1) is 10.1 Å². The summed E-state index contributed by atoms with van der Waals surface area (Å²) < 4.78 is 16.5. The largest absolute Gasteiger partial charge is 0.497 e. The van der Waals surface area contributed by atoms with Gasteiger partial charge in [-0.05, 0) is 66.6 Å². The van der Waals surface area contributed by atoms with Crippen molar-refractivity contribution in [2.24, 2.45) is 5.10 Å². The highest BCUT2D eigenvalue weighted by Gasteiger charge is 2.20. The average Bonchev–Trinajstić information content (AvgIpc) is 3.41. The van der Waals surface area contributed by atoms with E-state index in [1.165, 1.54) is 36.5 Å². The number of carbonyl (C=O) groups excluding carboxylic acids is 2. The molecule has 0 aliphatic heterocycles. The van der Waals surface area contributed by atoms with E-state index in [0.29, 0.717) is 23.6 Å². The fraction of sp³-hybridized carbons (Fsp3) is 0.0938. The van der Waals surface area contributed by atoms with Crippen LogP contribution in [-0.2, 0) is 0 Å². The fourth-order valence-corrected chi connectivity index (χ4v) is 4.43. The summed E-state index contributed by atoms with van der Waals surface area (Å²) >= 11 is 0. The molecule has 0 aliphatic carbocycles. The molecule has 0 saturated heterocycles. The number of nitrogens with one attached hydrogen (secondary N) is 2. The van der Waals surface area contributed by atoms with Gasteiger partial charge in [0.2, 0.25) is 0 Å². The lowest BCUT2D eigenvalue weighted by molar-refractivity contribution is -0.384. The number of ether oxygens (including phenoxy) is 3. The van der Waals surface area contributed by atoms with Gasteiger partial charge in [-0.3, -0.25) is 14.9 Å². The summed E-state index contributed by atoms with van der Waals surface area (Å²) in [6, 6.07) is 25.0. The van der Waals surface area contributed by atoms with Gasteiger partial charge in [-0.25, -0.2) is 10.2 Å². The predicted molar refractivity (Wildman–Crippen MR) is 161 cm³/mol. The summed E-state index contributed by atoms with van der Waals surface area (Å²) in [4.78, 5) is 39.4. The molecule has 2 N–H and O–H groups in total. The van der Waals surface area contributed by atoms with E-state index in [9.17, 15) is 19.7 Å². The Kier molecular flexibility index (Phi) is 8.43. The monoisotopic (exact) mass is 578 g/mol. The molecule has 0 spiro atoms. The van der Waals surface area contributed by atoms with Crippen LogP contribution in [0.15, 0.2) is 96.1 Å². The number of nitrogens with zero attached hydrogens (tertiary/aromatic N) is 2. The summed E-state index contributed by atoms with van der Waals surface area (Å²) in [5, 5.41) is 15.8. The first-order valence-corrected chi connectivity index (χ1v) is 13.2. The normalized spacial score (nSPS) is 10.9. The number of nitro benzene ring substituents is 1. The van der Waals surface area contributed by atoms with Crippen LogP contribution in [-0.4, -0.2) is 41.7 Å². The van der Waals surface area contributed by atoms with E-state index >= 15 is 0 Å². The Labute approximate surface area is 245 Å². The highest BCUT2D eigenvalue weighted by atomic mass is 16.6. The maximum Gasteiger partial charge on any atom is 0.343 e. The van der Waals surface area contributed by atoms with Gasteiger partial charge < -0.3 is 19.2 Å². The molecule has 43 heavy (non-hydrogen) atoms. The second-order valence-corrected chi connectivity index (χ2v) is 9.18. The quantitative estimate of drug-likeness (QED) is 0.0666. The first kappa shape index (κ1) is 28.6. The highest BCUT2D eigenvalue weighted by molar-refractivity contribution is 6.10. The number of benzene rings is 4. The van der Waals surface area contributed by atoms with Crippen LogP contribution in [0.25, 0.3) is 22.0 Å². The van der Waals surface area contributed by atoms with Crippen LogP contribution in [0.2, 0.25) is 0 Å². The molecule has 1 heterocycles. The number of aromatic nitrogens is 1. The molecular weight excluding hydrogens is 552 g/mol. The molecule has 4 aromatic carbocycles. The van der Waals surface area contributed by atoms with E-state index in [1.54, 1.807) is 26.2 Å². The maximum absolute atomic E-state index is 13.3. The van der Waals surface area contributed by atoms with E-state index in [0.717, 1.165) is 22.0 Å². The molecule has 0 atom stereocenters. The van der Waals surface area contributed by atoms with Crippen molar-refractivity contribution in [2.75, 3.05) is 13.7 Å². The van der Waals surface area contributed by atoms with Gasteiger partial charge in [-0.1, -0.05) is 30.3 Å². The average molecular weight is 579 g/mol. The lowest BCUT2D eigenvalue weighted by atomic mass is 10.0. The Bertz CT molecular complexity index is 1830. The van der Waals surface area contributed by atoms with Gasteiger partial charge in [0.05, 0.1) is 30.4 Å². The van der Waals surface area contributed by atoms with Gasteiger partial charge in [0.25, 0.3) is 11.6 Å². The van der Waals surface area contributed by atoms with Crippen molar-refractivity contribution < 1.29 is 28.7 Å². The lowest BCUT2D eigenvalue weighted by Gasteiger charge is -2.11. The van der Waals surface area contributed by atoms with Crippen molar-refractivity contribution in [3.8, 4) is 28.4 Å². The van der Waals surface area contributed by atoms with Crippen LogP contribution < -0.4 is 19.6 Å². The predicted octanol–water partition coefficient (Wildman–Crippen LogP) is 6.13. The van der Waals surface area contributed by atoms with Crippen LogP contribution in [0.4, 0.5) is 5.69 Å². The van der Waals surface area contributed by atoms with E-state index in [4.69, 9.17) is 14.2 Å². The number of non-ortho nitro benzene ring substituents is 1. The number of amides is 1. The molecule has 1 amide bonds. The lowest BCUT2D eigenvalue weighted by Crippen LogP contribution is -2.18. The Morgan fingerprint density at radius 3 is 2.44 bits per heavy atom. The van der Waals surface area contributed by atoms with E-state index in [1.807, 2.05) is 48.5 Å². The minimum atomic E-state index is -0.699. The van der Waals surface area contributed by atoms with E-state index in [-0.39, 0.29) is 22.7 Å². The van der Waals surface area contributed by atoms with Gasteiger partial charge in [0, 0.05) is 28.6 Å². The zero-order valence-corrected chi connectivity index (χ0v) is 23.2. The van der Waals surface area contributed by atoms with Crippen LogP contribution in [0.1, 0.15) is 33.3 Å². The Hall–Kier alpha value is -5.97. The number of esters is 1. The van der Waals surface area contributed by atoms with Crippen LogP contribution >= 0.6 is 0 Å². The Morgan fingerprint density at radius 1 is 0.977 bits per heavy atom. The van der Waals surface area contributed by atoms with E-state index in [2.05, 4.69) is 15.5 Å². The molecule has 0 saturated carbocycles. The summed E-state index contributed by atoms with van der Waals surface area (Å²) in [6.07, 6.45) is 1.44. The minimum Gasteiger partial charge on any atom is -0.497 e. The smallest absolute Gasteiger partial charge is 0.343 e. The summed E-state index contributed by atoms with van der Waals surface area (Å²) in [6.45, 7) is 2.08. The SMILES string of the molecule is CCOc1cc(C=NNC(=O)c2[nH]c3ccc(OC)cc3c2-c2ccccc2)ccc1OC(=O)c1ccc([N+](=O)[O-])cc1. The van der Waals surface area contributed by atoms with Crippen molar-refractivity contribution in [1.82, 2.24) is 10.4 Å². The minimum absolute atomic E-state index is 0.136. The number of carbonyl (C=O) groups is 2. The van der Waals surface area contributed by atoms with E-state index < -0.39 is 16.8 Å². The van der Waals surface area contributed by atoms with Gasteiger partial charge in [-0.15, -0.1) is 0 Å². The van der Waals surface area contributed by atoms with Gasteiger partial charge in [0.15, 0.2) is 11.5 Å². The standard InChI is InChI=1S/C32H26N4O7/c1-3-42-28-17-20(9-16-27(28)43-32(38)22-10-12-23(13-11-22)36(39)40)19-33-35-31(37)30-29(21-7-5-4-6-8-21)25-18-24(41-2)14-15-26(25)34-30/h4-19,34H,3H2,1-2H3,(H,35,37). The van der Waals surface area contributed by atoms with Crippen molar-refractivity contribution in [1.29, 1.82) is 0 Å². The third kappa shape index (κ3) is 6.35. The first-order chi connectivity index (χ1) is 20.9. The number of hydrogen-bond acceptors (Lipinski definition) is 8. The fourth-order valence-electron chi connectivity index (χ4n) is 4.43. The molecule has 11 nitrogen and oxygen atoms in total. The Balaban J connectivity index is 1.35. The first-order valence-electron chi connectivity index (χ1n) is 13.2. The number of hydrogen-bond donors (Lipinski definition) is 2. The second-order valence-electron chi connectivity index (χ2n) is 9.18. The number of H-pyrrole nitrogens is 1. The van der Waals surface area contributed by atoms with Crippen molar-refractivity contribution >= 4 is 34.7 Å². The highest BCUT2D eigenvalue weighted by Crippen LogP contribution is 2.35. The molecule has 11 heteroatoms. The molecule has 0 fully saturated rings. The zero-order valence-electron chi connectivity index (χ0n) is 23.2. The number of methoxy groups -OCH3 is 1. The summed E-state index contributed by atoms with van der Waals surface area (Å²) in [5.41, 5.74) is 5.85. The topological polar surface area (TPSA) is 145 Å². The number of nitro groups is 1. The maximum atomic E-state index is 13.3. The molecular formula is C32H26N4O7. The zero-order chi connectivity index (χ0) is 30.3. The molecule has 0 aliphatic rings. The molecule has 5 rings (SSSR count). The molecule has 216 valence electrons. The second kappa shape index (κ2) is 12.7. The molecule has 1 aromatic heterocycles. The molecule has 0 bridgehead atoms. The number of fused-ring (bicyclic) bond motifs is 1. The van der Waals surface area contributed by atoms with Crippen molar-refractivity contribution in [3.63, 3.8) is 0 Å². The van der Waals surface area contributed by atoms with Crippen LogP contribution in [0.3, 0.4) is 0 Å². The summed E-state index contributed by atoms with van der Waals surface area (Å²) in [7, 11) is 1.59. The number of rotatable bonds is 10. The number of aromatic amines is 1. The van der Waals surface area contributed by atoms with Crippen molar-refractivity contribution in [2.45, 2.75) is 6.92 Å². The molecule has 0 radical (unpaired) electrons. The number of hydrazone groups is 1. The van der Waals surface area contributed by atoms with Crippen molar-refractivity contribution in [3.05, 3.63) is 118 Å². The summed E-state index contributed by atoms with van der Waals surface area (Å²) in [5.74, 6) is -0.0318. The van der Waals surface area contributed by atoms with Gasteiger partial charge in [0.1, 0.15) is 11.4 Å². The van der Waals surface area contributed by atoms with Gasteiger partial charge >= 0.3 is 5.97 Å². The molecule has 5 aromatic rings. The molecule has 0 unspecified atom stereocenters. The van der Waals surface area contributed by atoms with Crippen LogP contribution in [0.5, 0.6) is 17.2 Å².